The van der Waals surface area contributed by atoms with Gasteiger partial charge in [0, 0.05) is 24.2 Å². The normalized spacial score (nSPS) is 14.2. The van der Waals surface area contributed by atoms with Crippen LogP contribution in [0.3, 0.4) is 0 Å². The number of aromatic nitrogens is 1. The van der Waals surface area contributed by atoms with Gasteiger partial charge in [-0.1, -0.05) is 19.1 Å². The molecule has 0 amide bonds. The van der Waals surface area contributed by atoms with Crippen molar-refractivity contribution in [1.82, 2.24) is 4.98 Å². The van der Waals surface area contributed by atoms with Crippen LogP contribution in [0.5, 0.6) is 0 Å². The van der Waals surface area contributed by atoms with E-state index < -0.39 is 0 Å². The molecule has 1 aromatic rings. The first-order chi connectivity index (χ1) is 6.23. The Morgan fingerprint density at radius 1 is 1.77 bits per heavy atom. The Morgan fingerprint density at radius 3 is 3.00 bits per heavy atom. The summed E-state index contributed by atoms with van der Waals surface area (Å²) in [5, 5.41) is 8.68. The highest BCUT2D eigenvalue weighted by molar-refractivity contribution is 5.27. The van der Waals surface area contributed by atoms with Crippen LogP contribution < -0.4 is 0 Å². The maximum atomic E-state index is 8.68. The summed E-state index contributed by atoms with van der Waals surface area (Å²) >= 11 is 0. The summed E-state index contributed by atoms with van der Waals surface area (Å²) < 4.78 is 0. The van der Waals surface area contributed by atoms with Gasteiger partial charge in [-0.3, -0.25) is 4.98 Å². The van der Waals surface area contributed by atoms with Crippen molar-refractivity contribution >= 4 is 0 Å². The van der Waals surface area contributed by atoms with E-state index in [1.165, 1.54) is 0 Å². The summed E-state index contributed by atoms with van der Waals surface area (Å²) in [6, 6.07) is 5.99. The molecule has 0 spiro atoms. The highest BCUT2D eigenvalue weighted by Crippen LogP contribution is 2.27. The van der Waals surface area contributed by atoms with Crippen molar-refractivity contribution in [2.75, 3.05) is 0 Å². The quantitative estimate of drug-likeness (QED) is 0.656. The predicted molar refractivity (Wildman–Crippen MR) is 52.0 cm³/mol. The molecule has 0 aliphatic heterocycles. The number of nitriles is 1. The second kappa shape index (κ2) is 3.86. The maximum absolute atomic E-state index is 8.68. The predicted octanol–water partition coefficient (Wildman–Crippen LogP) is 2.44. The third-order valence-corrected chi connectivity index (χ3v) is 2.22. The summed E-state index contributed by atoms with van der Waals surface area (Å²) in [5.41, 5.74) is 0.759. The Labute approximate surface area is 78.5 Å². The van der Waals surface area contributed by atoms with Gasteiger partial charge in [-0.25, -0.2) is 0 Å². The monoisotopic (exact) mass is 172 g/mol. The number of nitrogens with zero attached hydrogens (tertiary/aromatic N) is 2. The van der Waals surface area contributed by atoms with E-state index in [2.05, 4.69) is 17.6 Å². The van der Waals surface area contributed by atoms with E-state index in [4.69, 9.17) is 5.26 Å². The van der Waals surface area contributed by atoms with Crippen molar-refractivity contribution in [3.63, 3.8) is 0 Å². The Kier molecular flexibility index (Phi) is 2.81. The molecule has 0 radical (unpaired) electrons. The van der Waals surface area contributed by atoms with Crippen molar-refractivity contribution in [3.8, 4) is 6.07 Å². The molecular formula is C11H12N2. The fraction of sp³-hybridized carbons (Fsp3) is 0.273. The zero-order valence-electron chi connectivity index (χ0n) is 7.70. The standard InChI is InChI=1S/C11H12N2/c1-3-11(2,6-7-12)10-5-4-8-13-9-10/h3-5,8-9H,1,6H2,2H3. The summed E-state index contributed by atoms with van der Waals surface area (Å²) in [4.78, 5) is 4.02. The van der Waals surface area contributed by atoms with Crippen LogP contribution in [-0.4, -0.2) is 4.98 Å². The van der Waals surface area contributed by atoms with E-state index in [0.717, 1.165) is 5.56 Å². The Morgan fingerprint density at radius 2 is 2.54 bits per heavy atom. The molecule has 0 saturated carbocycles. The molecule has 1 unspecified atom stereocenters. The lowest BCUT2D eigenvalue weighted by Crippen LogP contribution is -2.17. The van der Waals surface area contributed by atoms with Crippen LogP contribution in [0, 0.1) is 11.3 Å². The van der Waals surface area contributed by atoms with E-state index in [-0.39, 0.29) is 5.41 Å². The molecule has 66 valence electrons. The number of hydrogen-bond donors (Lipinski definition) is 0. The van der Waals surface area contributed by atoms with Crippen LogP contribution in [0.25, 0.3) is 0 Å². The van der Waals surface area contributed by atoms with Gasteiger partial charge < -0.3 is 0 Å². The molecule has 13 heavy (non-hydrogen) atoms. The maximum Gasteiger partial charge on any atom is 0.0634 e. The fourth-order valence-corrected chi connectivity index (χ4v) is 1.16. The molecule has 0 aliphatic rings. The zero-order valence-corrected chi connectivity index (χ0v) is 7.70. The number of allylic oxidation sites excluding steroid dienone is 1. The molecule has 0 fully saturated rings. The highest BCUT2D eigenvalue weighted by Gasteiger charge is 2.22. The number of hydrogen-bond acceptors (Lipinski definition) is 2. The van der Waals surface area contributed by atoms with Gasteiger partial charge in [0.2, 0.25) is 0 Å². The Bertz CT molecular complexity index is 324. The van der Waals surface area contributed by atoms with Crippen LogP contribution in [0.1, 0.15) is 18.9 Å². The smallest absolute Gasteiger partial charge is 0.0634 e. The van der Waals surface area contributed by atoms with E-state index in [1.54, 1.807) is 18.5 Å². The number of pyridine rings is 1. The van der Waals surface area contributed by atoms with Gasteiger partial charge in [0.05, 0.1) is 6.07 Å². The van der Waals surface area contributed by atoms with E-state index in [0.29, 0.717) is 6.42 Å². The van der Waals surface area contributed by atoms with Crippen LogP contribution in [0.15, 0.2) is 37.2 Å². The van der Waals surface area contributed by atoms with Gasteiger partial charge in [-0.05, 0) is 11.6 Å². The van der Waals surface area contributed by atoms with Crippen LogP contribution >= 0.6 is 0 Å². The molecular weight excluding hydrogens is 160 g/mol. The minimum atomic E-state index is -0.275. The molecule has 0 N–H and O–H groups in total. The third-order valence-electron chi connectivity index (χ3n) is 2.22. The molecule has 0 aromatic carbocycles. The first-order valence-corrected chi connectivity index (χ1v) is 4.14. The van der Waals surface area contributed by atoms with Crippen LogP contribution in [0.4, 0.5) is 0 Å². The lowest BCUT2D eigenvalue weighted by molar-refractivity contribution is 0.610. The van der Waals surface area contributed by atoms with Crippen molar-refractivity contribution in [2.45, 2.75) is 18.8 Å². The highest BCUT2D eigenvalue weighted by atomic mass is 14.6. The summed E-state index contributed by atoms with van der Waals surface area (Å²) in [5.74, 6) is 0. The summed E-state index contributed by atoms with van der Waals surface area (Å²) in [7, 11) is 0. The minimum absolute atomic E-state index is 0.275. The molecule has 0 saturated heterocycles. The van der Waals surface area contributed by atoms with Crippen LogP contribution in [-0.2, 0) is 5.41 Å². The lowest BCUT2D eigenvalue weighted by Gasteiger charge is -2.22. The van der Waals surface area contributed by atoms with Gasteiger partial charge in [0.25, 0.3) is 0 Å². The van der Waals surface area contributed by atoms with Gasteiger partial charge in [-0.15, -0.1) is 6.58 Å². The molecule has 0 aliphatic carbocycles. The average Bonchev–Trinajstić information content (AvgIpc) is 2.19. The summed E-state index contributed by atoms with van der Waals surface area (Å²) in [6.07, 6.45) is 5.73. The molecule has 2 nitrogen and oxygen atoms in total. The first-order valence-electron chi connectivity index (χ1n) is 4.14. The van der Waals surface area contributed by atoms with E-state index in [1.807, 2.05) is 19.1 Å². The van der Waals surface area contributed by atoms with Gasteiger partial charge in [0.1, 0.15) is 0 Å². The molecule has 0 bridgehead atoms. The molecule has 1 heterocycles. The molecule has 1 aromatic heterocycles. The van der Waals surface area contributed by atoms with Gasteiger partial charge >= 0.3 is 0 Å². The topological polar surface area (TPSA) is 36.7 Å². The Balaban J connectivity index is 3.04. The van der Waals surface area contributed by atoms with Crippen molar-refractivity contribution < 1.29 is 0 Å². The third kappa shape index (κ3) is 1.94. The average molecular weight is 172 g/mol. The van der Waals surface area contributed by atoms with Gasteiger partial charge in [-0.2, -0.15) is 5.26 Å². The SMILES string of the molecule is C=CC(C)(CC#N)c1cccnc1. The minimum Gasteiger partial charge on any atom is -0.264 e. The second-order valence-corrected chi connectivity index (χ2v) is 3.20. The fourth-order valence-electron chi connectivity index (χ4n) is 1.16. The molecule has 1 atom stereocenters. The molecule has 2 heteroatoms. The lowest BCUT2D eigenvalue weighted by atomic mass is 9.81. The Hall–Kier alpha value is -1.62. The zero-order chi connectivity index (χ0) is 9.73. The van der Waals surface area contributed by atoms with E-state index in [9.17, 15) is 0 Å². The first kappa shape index (κ1) is 9.47. The van der Waals surface area contributed by atoms with E-state index >= 15 is 0 Å². The van der Waals surface area contributed by atoms with Crippen molar-refractivity contribution in [3.05, 3.63) is 42.7 Å². The van der Waals surface area contributed by atoms with Crippen LogP contribution in [0.2, 0.25) is 0 Å². The molecule has 1 rings (SSSR count). The van der Waals surface area contributed by atoms with Crippen molar-refractivity contribution in [2.24, 2.45) is 0 Å². The summed E-state index contributed by atoms with van der Waals surface area (Å²) in [6.45, 7) is 5.74. The largest absolute Gasteiger partial charge is 0.264 e. The van der Waals surface area contributed by atoms with Gasteiger partial charge in [0.15, 0.2) is 0 Å². The second-order valence-electron chi connectivity index (χ2n) is 3.20. The number of rotatable bonds is 3. The van der Waals surface area contributed by atoms with Crippen molar-refractivity contribution in [1.29, 1.82) is 5.26 Å².